The summed E-state index contributed by atoms with van der Waals surface area (Å²) in [6.45, 7) is 7.31. The Morgan fingerprint density at radius 1 is 1.35 bits per heavy atom. The SMILES string of the molecule is CCN(Cc1ccc(N)cc1)C1CCOC1C. The number of benzene rings is 1. The molecule has 1 heterocycles. The van der Waals surface area contributed by atoms with E-state index in [1.165, 1.54) is 5.56 Å². The highest BCUT2D eigenvalue weighted by Crippen LogP contribution is 2.21. The Morgan fingerprint density at radius 2 is 2.06 bits per heavy atom. The molecule has 0 spiro atoms. The number of hydrogen-bond donors (Lipinski definition) is 1. The summed E-state index contributed by atoms with van der Waals surface area (Å²) in [6.07, 6.45) is 1.49. The molecule has 2 atom stereocenters. The fourth-order valence-corrected chi connectivity index (χ4v) is 2.52. The van der Waals surface area contributed by atoms with Crippen molar-refractivity contribution in [3.63, 3.8) is 0 Å². The van der Waals surface area contributed by atoms with Gasteiger partial charge >= 0.3 is 0 Å². The smallest absolute Gasteiger partial charge is 0.0703 e. The Hall–Kier alpha value is -1.06. The molecule has 1 aliphatic rings. The number of rotatable bonds is 4. The average Bonchev–Trinajstić information content (AvgIpc) is 2.75. The topological polar surface area (TPSA) is 38.5 Å². The normalized spacial score (nSPS) is 24.4. The van der Waals surface area contributed by atoms with Gasteiger partial charge in [-0.15, -0.1) is 0 Å². The zero-order chi connectivity index (χ0) is 12.3. The highest BCUT2D eigenvalue weighted by molar-refractivity contribution is 5.39. The first kappa shape index (κ1) is 12.4. The monoisotopic (exact) mass is 234 g/mol. The molecule has 1 aromatic carbocycles. The Bertz CT molecular complexity index is 350. The van der Waals surface area contributed by atoms with Crippen LogP contribution in [0.15, 0.2) is 24.3 Å². The molecule has 3 nitrogen and oxygen atoms in total. The van der Waals surface area contributed by atoms with E-state index in [1.54, 1.807) is 0 Å². The van der Waals surface area contributed by atoms with Crippen molar-refractivity contribution in [1.29, 1.82) is 0 Å². The first-order valence-corrected chi connectivity index (χ1v) is 6.40. The number of nitrogens with zero attached hydrogens (tertiary/aromatic N) is 1. The fraction of sp³-hybridized carbons (Fsp3) is 0.571. The van der Waals surface area contributed by atoms with Crippen LogP contribution in [0.25, 0.3) is 0 Å². The molecule has 0 bridgehead atoms. The van der Waals surface area contributed by atoms with Crippen LogP contribution in [0.5, 0.6) is 0 Å². The molecule has 0 aliphatic carbocycles. The van der Waals surface area contributed by atoms with Gasteiger partial charge in [0, 0.05) is 24.9 Å². The van der Waals surface area contributed by atoms with E-state index in [-0.39, 0.29) is 0 Å². The molecule has 1 aromatic rings. The standard InChI is InChI=1S/C14H22N2O/c1-3-16(14-8-9-17-11(14)2)10-12-4-6-13(15)7-5-12/h4-7,11,14H,3,8-10,15H2,1-2H3. The predicted octanol–water partition coefficient (Wildman–Crippen LogP) is 2.27. The summed E-state index contributed by atoms with van der Waals surface area (Å²) in [5.41, 5.74) is 7.85. The van der Waals surface area contributed by atoms with Crippen molar-refractivity contribution in [2.24, 2.45) is 0 Å². The van der Waals surface area contributed by atoms with Crippen molar-refractivity contribution >= 4 is 5.69 Å². The summed E-state index contributed by atoms with van der Waals surface area (Å²) in [5.74, 6) is 0. The van der Waals surface area contributed by atoms with Crippen LogP contribution < -0.4 is 5.73 Å². The van der Waals surface area contributed by atoms with Crippen molar-refractivity contribution in [2.75, 3.05) is 18.9 Å². The zero-order valence-corrected chi connectivity index (χ0v) is 10.7. The van der Waals surface area contributed by atoms with Crippen LogP contribution in [0.2, 0.25) is 0 Å². The van der Waals surface area contributed by atoms with Crippen molar-refractivity contribution < 1.29 is 4.74 Å². The van der Waals surface area contributed by atoms with Crippen molar-refractivity contribution in [3.05, 3.63) is 29.8 Å². The van der Waals surface area contributed by atoms with E-state index in [2.05, 4.69) is 30.9 Å². The van der Waals surface area contributed by atoms with E-state index >= 15 is 0 Å². The quantitative estimate of drug-likeness (QED) is 0.812. The molecule has 1 aliphatic heterocycles. The van der Waals surface area contributed by atoms with E-state index < -0.39 is 0 Å². The van der Waals surface area contributed by atoms with Crippen LogP contribution >= 0.6 is 0 Å². The summed E-state index contributed by atoms with van der Waals surface area (Å²) in [7, 11) is 0. The summed E-state index contributed by atoms with van der Waals surface area (Å²) >= 11 is 0. The largest absolute Gasteiger partial charge is 0.399 e. The van der Waals surface area contributed by atoms with Gasteiger partial charge in [0.15, 0.2) is 0 Å². The van der Waals surface area contributed by atoms with Gasteiger partial charge in [0.1, 0.15) is 0 Å². The second kappa shape index (κ2) is 5.52. The van der Waals surface area contributed by atoms with Gasteiger partial charge in [-0.25, -0.2) is 0 Å². The molecular formula is C14H22N2O. The van der Waals surface area contributed by atoms with Crippen LogP contribution in [0.3, 0.4) is 0 Å². The van der Waals surface area contributed by atoms with Gasteiger partial charge < -0.3 is 10.5 Å². The maximum atomic E-state index is 5.70. The Labute approximate surface area is 104 Å². The van der Waals surface area contributed by atoms with Crippen LogP contribution in [0.1, 0.15) is 25.8 Å². The second-order valence-corrected chi connectivity index (χ2v) is 4.74. The van der Waals surface area contributed by atoms with Gasteiger partial charge in [-0.2, -0.15) is 0 Å². The lowest BCUT2D eigenvalue weighted by atomic mass is 10.1. The minimum Gasteiger partial charge on any atom is -0.399 e. The first-order valence-electron chi connectivity index (χ1n) is 6.40. The molecular weight excluding hydrogens is 212 g/mol. The summed E-state index contributed by atoms with van der Waals surface area (Å²) < 4.78 is 5.64. The van der Waals surface area contributed by atoms with E-state index in [9.17, 15) is 0 Å². The van der Waals surface area contributed by atoms with Gasteiger partial charge in [0.2, 0.25) is 0 Å². The molecule has 0 aromatic heterocycles. The van der Waals surface area contributed by atoms with E-state index in [0.29, 0.717) is 12.1 Å². The summed E-state index contributed by atoms with van der Waals surface area (Å²) in [6, 6.07) is 8.71. The van der Waals surface area contributed by atoms with E-state index in [1.807, 2.05) is 12.1 Å². The lowest BCUT2D eigenvalue weighted by Gasteiger charge is -2.29. The zero-order valence-electron chi connectivity index (χ0n) is 10.7. The van der Waals surface area contributed by atoms with Gasteiger partial charge in [-0.05, 0) is 37.6 Å². The third kappa shape index (κ3) is 2.99. The summed E-state index contributed by atoms with van der Waals surface area (Å²) in [4.78, 5) is 2.49. The van der Waals surface area contributed by atoms with Crippen LogP contribution in [0, 0.1) is 0 Å². The van der Waals surface area contributed by atoms with Crippen molar-refractivity contribution in [2.45, 2.75) is 39.0 Å². The van der Waals surface area contributed by atoms with Crippen LogP contribution in [0.4, 0.5) is 5.69 Å². The van der Waals surface area contributed by atoms with Crippen LogP contribution in [-0.2, 0) is 11.3 Å². The Morgan fingerprint density at radius 3 is 2.59 bits per heavy atom. The fourth-order valence-electron chi connectivity index (χ4n) is 2.52. The van der Waals surface area contributed by atoms with Crippen molar-refractivity contribution in [1.82, 2.24) is 4.90 Å². The van der Waals surface area contributed by atoms with E-state index in [0.717, 1.165) is 31.8 Å². The van der Waals surface area contributed by atoms with Gasteiger partial charge in [0.25, 0.3) is 0 Å². The molecule has 1 saturated heterocycles. The molecule has 2 N–H and O–H groups in total. The molecule has 17 heavy (non-hydrogen) atoms. The molecule has 0 radical (unpaired) electrons. The molecule has 94 valence electrons. The van der Waals surface area contributed by atoms with Gasteiger partial charge in [-0.1, -0.05) is 19.1 Å². The number of hydrogen-bond acceptors (Lipinski definition) is 3. The molecule has 2 rings (SSSR count). The molecule has 0 saturated carbocycles. The molecule has 1 fully saturated rings. The minimum atomic E-state index is 0.351. The lowest BCUT2D eigenvalue weighted by molar-refractivity contribution is 0.0730. The number of nitrogens with two attached hydrogens (primary N) is 1. The third-order valence-corrected chi connectivity index (χ3v) is 3.58. The highest BCUT2D eigenvalue weighted by atomic mass is 16.5. The number of ether oxygens (including phenoxy) is 1. The second-order valence-electron chi connectivity index (χ2n) is 4.74. The number of nitrogen functional groups attached to an aromatic ring is 1. The number of likely N-dealkylation sites (N-methyl/N-ethyl adjacent to an activating group) is 1. The first-order chi connectivity index (χ1) is 8.20. The number of anilines is 1. The van der Waals surface area contributed by atoms with Crippen molar-refractivity contribution in [3.8, 4) is 0 Å². The van der Waals surface area contributed by atoms with Gasteiger partial charge in [-0.3, -0.25) is 4.90 Å². The molecule has 2 unspecified atom stereocenters. The van der Waals surface area contributed by atoms with Crippen LogP contribution in [-0.4, -0.2) is 30.2 Å². The minimum absolute atomic E-state index is 0.351. The maximum absolute atomic E-state index is 5.70. The average molecular weight is 234 g/mol. The predicted molar refractivity (Wildman–Crippen MR) is 70.8 cm³/mol. The third-order valence-electron chi connectivity index (χ3n) is 3.58. The Balaban J connectivity index is 2.01. The maximum Gasteiger partial charge on any atom is 0.0703 e. The highest BCUT2D eigenvalue weighted by Gasteiger charge is 2.28. The Kier molecular flexibility index (Phi) is 4.02. The van der Waals surface area contributed by atoms with E-state index in [4.69, 9.17) is 10.5 Å². The van der Waals surface area contributed by atoms with Gasteiger partial charge in [0.05, 0.1) is 6.10 Å². The lowest BCUT2D eigenvalue weighted by Crippen LogP contribution is -2.39. The summed E-state index contributed by atoms with van der Waals surface area (Å²) in [5, 5.41) is 0. The molecule has 3 heteroatoms. The molecule has 0 amide bonds.